The summed E-state index contributed by atoms with van der Waals surface area (Å²) < 4.78 is 26.8. The molecule has 1 aliphatic rings. The fourth-order valence-electron chi connectivity index (χ4n) is 5.39. The molecule has 1 aromatic rings. The van der Waals surface area contributed by atoms with Crippen molar-refractivity contribution in [3.8, 4) is 0 Å². The first-order chi connectivity index (χ1) is 29.3. The smallest absolute Gasteiger partial charge is 0.407 e. The van der Waals surface area contributed by atoms with Crippen LogP contribution >= 0.6 is 11.8 Å². The van der Waals surface area contributed by atoms with Gasteiger partial charge in [0.05, 0.1) is 39.6 Å². The second kappa shape index (κ2) is 27.8. The molecule has 1 aliphatic heterocycles. The first kappa shape index (κ1) is 53.1. The monoisotopic (exact) mass is 892 g/mol. The average molecular weight is 893 g/mol. The predicted octanol–water partition coefficient (Wildman–Crippen LogP) is 1.77. The Morgan fingerprint density at radius 3 is 2.02 bits per heavy atom. The number of esters is 1. The number of rotatable bonds is 28. The number of hydrogen-bond acceptors (Lipinski definition) is 14. The predicted molar refractivity (Wildman–Crippen MR) is 230 cm³/mol. The lowest BCUT2D eigenvalue weighted by Crippen LogP contribution is -2.51. The highest BCUT2D eigenvalue weighted by Gasteiger charge is 2.28. The third-order valence-electron chi connectivity index (χ3n) is 8.28. The fraction of sp³-hybridized carbons (Fsp3) is 0.619. The maximum atomic E-state index is 13.3. The standard InChI is InChI=1S/C42H64N6O13S/c1-41(2,3)60-39(55)32(13-8-9-18-48-35(51)14-15-36(48)52)46-33(49)27-45-38(54)31(16-24-62-7)47-37(53)30-12-10-11-29(25-30)26-44-34(50)28-59-23-22-58-21-20-57-19-17-43-40(56)61-42(4,5)6/h10-12,14-15,25,31-32H,8-9,13,16-24,26-28H2,1-7H3,(H,43,56)(H,44,50)(H,45,54)(H,46,49)(H,47,53)/t31-,32-/m0/s1. The molecule has 1 aromatic carbocycles. The molecule has 346 valence electrons. The van der Waals surface area contributed by atoms with E-state index >= 15 is 0 Å². The molecule has 0 aliphatic carbocycles. The molecule has 0 saturated carbocycles. The molecule has 0 radical (unpaired) electrons. The minimum atomic E-state index is -1.05. The number of amides is 7. The Labute approximate surface area is 367 Å². The lowest BCUT2D eigenvalue weighted by Gasteiger charge is -2.25. The van der Waals surface area contributed by atoms with Gasteiger partial charge in [-0.15, -0.1) is 0 Å². The van der Waals surface area contributed by atoms with Crippen molar-refractivity contribution in [3.05, 3.63) is 47.5 Å². The molecule has 19 nitrogen and oxygen atoms in total. The summed E-state index contributed by atoms with van der Waals surface area (Å²) in [6.45, 7) is 11.6. The van der Waals surface area contributed by atoms with Crippen molar-refractivity contribution in [1.82, 2.24) is 31.5 Å². The van der Waals surface area contributed by atoms with Crippen molar-refractivity contribution in [2.45, 2.75) is 97.1 Å². The van der Waals surface area contributed by atoms with E-state index in [4.69, 9.17) is 23.7 Å². The summed E-state index contributed by atoms with van der Waals surface area (Å²) in [7, 11) is 0. The summed E-state index contributed by atoms with van der Waals surface area (Å²) in [6, 6.07) is 4.50. The molecule has 62 heavy (non-hydrogen) atoms. The zero-order valence-corrected chi connectivity index (χ0v) is 37.7. The SMILES string of the molecule is CSCC[C@H](NC(=O)c1cccc(CNC(=O)COCCOCCOCCNC(=O)OC(C)(C)C)c1)C(=O)NCC(=O)N[C@@H](CCCCN1C(=O)C=CC1=O)C(=O)OC(C)(C)C. The highest BCUT2D eigenvalue weighted by molar-refractivity contribution is 7.98. The quantitative estimate of drug-likeness (QED) is 0.0458. The normalized spacial score (nSPS) is 13.6. The molecule has 0 bridgehead atoms. The van der Waals surface area contributed by atoms with Crippen LogP contribution in [0.3, 0.4) is 0 Å². The van der Waals surface area contributed by atoms with Crippen molar-refractivity contribution < 1.29 is 62.0 Å². The van der Waals surface area contributed by atoms with Crippen molar-refractivity contribution in [2.75, 3.05) is 71.3 Å². The average Bonchev–Trinajstić information content (AvgIpc) is 3.51. The summed E-state index contributed by atoms with van der Waals surface area (Å²) in [5.41, 5.74) is -0.521. The summed E-state index contributed by atoms with van der Waals surface area (Å²) in [5, 5.41) is 13.2. The topological polar surface area (TPSA) is 246 Å². The Morgan fingerprint density at radius 1 is 0.726 bits per heavy atom. The van der Waals surface area contributed by atoms with Gasteiger partial charge in [-0.25, -0.2) is 9.59 Å². The minimum absolute atomic E-state index is 0.116. The van der Waals surface area contributed by atoms with Crippen LogP contribution < -0.4 is 26.6 Å². The Balaban J connectivity index is 1.77. The first-order valence-electron chi connectivity index (χ1n) is 20.5. The molecule has 0 fully saturated rings. The van der Waals surface area contributed by atoms with E-state index in [1.54, 1.807) is 65.8 Å². The molecule has 5 N–H and O–H groups in total. The largest absolute Gasteiger partial charge is 0.458 e. The van der Waals surface area contributed by atoms with E-state index in [9.17, 15) is 38.4 Å². The van der Waals surface area contributed by atoms with E-state index < -0.39 is 71.4 Å². The van der Waals surface area contributed by atoms with Crippen molar-refractivity contribution in [1.29, 1.82) is 0 Å². The van der Waals surface area contributed by atoms with Crippen LogP contribution in [0.4, 0.5) is 4.79 Å². The van der Waals surface area contributed by atoms with Gasteiger partial charge in [-0.3, -0.25) is 33.7 Å². The number of nitrogens with zero attached hydrogens (tertiary/aromatic N) is 1. The van der Waals surface area contributed by atoms with E-state index in [2.05, 4.69) is 26.6 Å². The molecule has 0 saturated heterocycles. The third kappa shape index (κ3) is 23.2. The summed E-state index contributed by atoms with van der Waals surface area (Å²) >= 11 is 1.47. The number of thioether (sulfide) groups is 1. The number of nitrogens with one attached hydrogen (secondary N) is 5. The Hall–Kier alpha value is -5.05. The lowest BCUT2D eigenvalue weighted by molar-refractivity contribution is -0.159. The number of carbonyl (C=O) groups excluding carboxylic acids is 8. The van der Waals surface area contributed by atoms with Gasteiger partial charge in [-0.1, -0.05) is 12.1 Å². The number of carbonyl (C=O) groups is 8. The Bertz CT molecular complexity index is 1680. The van der Waals surface area contributed by atoms with Gasteiger partial charge in [0.15, 0.2) is 0 Å². The van der Waals surface area contributed by atoms with Gasteiger partial charge in [0.2, 0.25) is 17.7 Å². The Morgan fingerprint density at radius 2 is 1.37 bits per heavy atom. The van der Waals surface area contributed by atoms with Crippen LogP contribution in [0.5, 0.6) is 0 Å². The maximum Gasteiger partial charge on any atom is 0.407 e. The van der Waals surface area contributed by atoms with Crippen LogP contribution in [0.1, 0.15) is 83.1 Å². The van der Waals surface area contributed by atoms with Gasteiger partial charge >= 0.3 is 12.1 Å². The summed E-state index contributed by atoms with van der Waals surface area (Å²) in [5.74, 6) is -3.12. The van der Waals surface area contributed by atoms with Gasteiger partial charge in [0, 0.05) is 37.3 Å². The van der Waals surface area contributed by atoms with Crippen molar-refractivity contribution in [3.63, 3.8) is 0 Å². The summed E-state index contributed by atoms with van der Waals surface area (Å²) in [6.07, 6.45) is 4.93. The van der Waals surface area contributed by atoms with Crippen LogP contribution in [0, 0.1) is 0 Å². The molecule has 0 spiro atoms. The van der Waals surface area contributed by atoms with Gasteiger partial charge in [-0.2, -0.15) is 11.8 Å². The van der Waals surface area contributed by atoms with Crippen molar-refractivity contribution >= 4 is 59.3 Å². The minimum Gasteiger partial charge on any atom is -0.458 e. The van der Waals surface area contributed by atoms with E-state index in [-0.39, 0.29) is 57.2 Å². The molecular formula is C42H64N6O13S. The molecule has 2 atom stereocenters. The van der Waals surface area contributed by atoms with Crippen LogP contribution in [-0.4, -0.2) is 147 Å². The molecule has 7 amide bonds. The molecule has 1 heterocycles. The molecule has 2 rings (SSSR count). The van der Waals surface area contributed by atoms with Crippen LogP contribution in [0.2, 0.25) is 0 Å². The lowest BCUT2D eigenvalue weighted by atomic mass is 10.1. The van der Waals surface area contributed by atoms with Crippen LogP contribution in [0.25, 0.3) is 0 Å². The van der Waals surface area contributed by atoms with E-state index in [1.807, 2.05) is 6.26 Å². The maximum absolute atomic E-state index is 13.3. The number of hydrogen-bond donors (Lipinski definition) is 5. The first-order valence-corrected chi connectivity index (χ1v) is 21.9. The highest BCUT2D eigenvalue weighted by Crippen LogP contribution is 2.14. The molecule has 0 aromatic heterocycles. The van der Waals surface area contributed by atoms with E-state index in [1.165, 1.54) is 23.9 Å². The molecule has 20 heteroatoms. The number of ether oxygens (including phenoxy) is 5. The van der Waals surface area contributed by atoms with E-state index in [0.717, 1.165) is 4.90 Å². The van der Waals surface area contributed by atoms with Gasteiger partial charge in [0.1, 0.15) is 29.9 Å². The number of alkyl carbamates (subject to hydrolysis) is 1. The van der Waals surface area contributed by atoms with Crippen LogP contribution in [0.15, 0.2) is 36.4 Å². The number of benzene rings is 1. The van der Waals surface area contributed by atoms with Crippen LogP contribution in [-0.2, 0) is 59.0 Å². The fourth-order valence-corrected chi connectivity index (χ4v) is 5.86. The van der Waals surface area contributed by atoms with Gasteiger partial charge in [-0.05, 0) is 96.9 Å². The Kier molecular flexibility index (Phi) is 23.8. The van der Waals surface area contributed by atoms with Crippen molar-refractivity contribution in [2.24, 2.45) is 0 Å². The summed E-state index contributed by atoms with van der Waals surface area (Å²) in [4.78, 5) is 101. The van der Waals surface area contributed by atoms with Gasteiger partial charge < -0.3 is 50.3 Å². The third-order valence-corrected chi connectivity index (χ3v) is 8.92. The zero-order valence-electron chi connectivity index (χ0n) is 36.9. The highest BCUT2D eigenvalue weighted by atomic mass is 32.2. The second-order valence-corrected chi connectivity index (χ2v) is 17.0. The molecule has 0 unspecified atom stereocenters. The number of unbranched alkanes of at least 4 members (excludes halogenated alkanes) is 1. The second-order valence-electron chi connectivity index (χ2n) is 16.0. The van der Waals surface area contributed by atoms with Gasteiger partial charge in [0.25, 0.3) is 17.7 Å². The zero-order chi connectivity index (χ0) is 46.1. The number of imide groups is 1. The molecular weight excluding hydrogens is 829 g/mol. The van der Waals surface area contributed by atoms with E-state index in [0.29, 0.717) is 50.5 Å².